The Labute approximate surface area is 503 Å². The van der Waals surface area contributed by atoms with E-state index in [4.69, 9.17) is 9.97 Å². The van der Waals surface area contributed by atoms with Crippen LogP contribution in [0, 0.1) is 45.3 Å². The van der Waals surface area contributed by atoms with Crippen LogP contribution in [0.25, 0.3) is 90.9 Å². The lowest BCUT2D eigenvalue weighted by atomic mass is 9.98. The molecule has 4 saturated carbocycles. The molecule has 13 rings (SSSR count). The van der Waals surface area contributed by atoms with Crippen LogP contribution in [-0.4, -0.2) is 43.6 Å². The number of fused-ring (bicyclic) bond motifs is 8. The molecule has 0 spiro atoms. The van der Waals surface area contributed by atoms with Crippen LogP contribution in [0.3, 0.4) is 0 Å². The normalized spacial score (nSPS) is 20.4. The molecule has 6 aliphatic rings. The average molecular weight is 1200 g/mol. The van der Waals surface area contributed by atoms with Crippen LogP contribution in [0.2, 0.25) is 0 Å². The second-order valence-electron chi connectivity index (χ2n) is 27.0. The zero-order valence-corrected chi connectivity index (χ0v) is 49.6. The van der Waals surface area contributed by atoms with E-state index in [1.807, 2.05) is 55.4 Å². The summed E-state index contributed by atoms with van der Waals surface area (Å²) in [7, 11) is 0. The first kappa shape index (κ1) is 58.0. The van der Waals surface area contributed by atoms with Crippen molar-refractivity contribution in [1.82, 2.24) is 19.9 Å². The van der Waals surface area contributed by atoms with E-state index in [9.17, 15) is 45.5 Å². The number of nitrogens with zero attached hydrogens (tertiary/aromatic N) is 2. The summed E-state index contributed by atoms with van der Waals surface area (Å²) in [5.74, 6) is -2.20. The van der Waals surface area contributed by atoms with Gasteiger partial charge in [-0.15, -0.1) is 0 Å². The van der Waals surface area contributed by atoms with Gasteiger partial charge < -0.3 is 31.2 Å². The van der Waals surface area contributed by atoms with Gasteiger partial charge >= 0.3 is 12.4 Å². The number of H-pyrrole nitrogens is 2. The number of hydrogen-bond acceptors (Lipinski definition) is 6. The molecule has 5 heterocycles. The Hall–Kier alpha value is -9.06. The minimum absolute atomic E-state index is 0.235. The van der Waals surface area contributed by atoms with Gasteiger partial charge in [-0.2, -0.15) is 26.3 Å². The van der Waals surface area contributed by atoms with E-state index >= 15 is 0 Å². The average Bonchev–Trinajstić information content (AvgIpc) is 1.67. The summed E-state index contributed by atoms with van der Waals surface area (Å²) in [5.41, 5.74) is 4.35. The summed E-state index contributed by atoms with van der Waals surface area (Å²) in [4.78, 5) is 74.9. The Kier molecular flexibility index (Phi) is 13.3. The van der Waals surface area contributed by atoms with Gasteiger partial charge in [-0.3, -0.25) is 19.2 Å². The summed E-state index contributed by atoms with van der Waals surface area (Å²) >= 11 is 0. The lowest BCUT2D eigenvalue weighted by Crippen LogP contribution is -2.19. The Morgan fingerprint density at radius 1 is 0.375 bits per heavy atom. The largest absolute Gasteiger partial charge is 0.416 e. The van der Waals surface area contributed by atoms with E-state index in [0.29, 0.717) is 138 Å². The molecule has 0 unspecified atom stereocenters. The van der Waals surface area contributed by atoms with Gasteiger partial charge in [0.2, 0.25) is 23.6 Å². The van der Waals surface area contributed by atoms with Crippen LogP contribution in [0.1, 0.15) is 115 Å². The van der Waals surface area contributed by atoms with E-state index in [1.165, 1.54) is 24.3 Å². The summed E-state index contributed by atoms with van der Waals surface area (Å²) in [6.07, 6.45) is 0.217. The number of aromatic amines is 2. The number of carbonyl (C=O) groups excluding carboxylic acids is 4. The minimum atomic E-state index is -4.66. The fourth-order valence-corrected chi connectivity index (χ4v) is 12.6. The summed E-state index contributed by atoms with van der Waals surface area (Å²) in [6, 6.07) is 27.0. The van der Waals surface area contributed by atoms with E-state index in [2.05, 4.69) is 31.2 Å². The number of alkyl halides is 6. The molecule has 18 heteroatoms. The van der Waals surface area contributed by atoms with Crippen molar-refractivity contribution in [2.75, 3.05) is 21.3 Å². The number of aromatic nitrogens is 4. The molecule has 4 aromatic carbocycles. The zero-order valence-electron chi connectivity index (χ0n) is 49.6. The SMILES string of the molecule is CC1(C)C[C@@H]1C(=O)Nc1cccc(NC(=O)[C@H]2CC2(C)C)c1-c1c2nc(c(-c3ccc(C(F)(F)F)cc3)c3ccc([nH]3)c(-c3c(NC(=O)[C@H]4CC4(C)C)cccc3NC(=O)[C@H]3CC3(C)C)c3nc(c(-c4ccc(C(F)(F)F)cc4)c4ccc1[nH]4)C=C3)C=C2. The maximum Gasteiger partial charge on any atom is 0.416 e. The molecular formula is C70H64F6N8O4. The first-order valence-electron chi connectivity index (χ1n) is 29.5. The molecule has 6 N–H and O–H groups in total. The first-order valence-corrected chi connectivity index (χ1v) is 29.5. The monoisotopic (exact) mass is 1190 g/mol. The summed E-state index contributed by atoms with van der Waals surface area (Å²) < 4.78 is 86.1. The van der Waals surface area contributed by atoms with Gasteiger partial charge in [-0.25, -0.2) is 9.97 Å². The molecule has 4 fully saturated rings. The van der Waals surface area contributed by atoms with Gasteiger partial charge in [0.1, 0.15) is 0 Å². The van der Waals surface area contributed by atoms with Crippen LogP contribution in [-0.2, 0) is 31.5 Å². The van der Waals surface area contributed by atoms with Crippen molar-refractivity contribution in [2.45, 2.75) is 93.4 Å². The number of rotatable bonds is 12. The Bertz CT molecular complexity index is 3990. The van der Waals surface area contributed by atoms with Gasteiger partial charge in [0.15, 0.2) is 0 Å². The number of anilines is 4. The highest BCUT2D eigenvalue weighted by atomic mass is 19.4. The summed E-state index contributed by atoms with van der Waals surface area (Å²) in [6.45, 7) is 16.1. The molecule has 4 aliphatic carbocycles. The third kappa shape index (κ3) is 10.8. The van der Waals surface area contributed by atoms with Crippen LogP contribution in [0.15, 0.2) is 109 Å². The lowest BCUT2D eigenvalue weighted by molar-refractivity contribution is -0.138. The van der Waals surface area contributed by atoms with Gasteiger partial charge in [0.05, 0.1) is 56.7 Å². The third-order valence-electron chi connectivity index (χ3n) is 18.7. The second-order valence-corrected chi connectivity index (χ2v) is 27.0. The van der Waals surface area contributed by atoms with E-state index in [-0.39, 0.29) is 69.0 Å². The number of hydrogen-bond donors (Lipinski definition) is 6. The van der Waals surface area contributed by atoms with Gasteiger partial charge in [0.25, 0.3) is 0 Å². The topological polar surface area (TPSA) is 174 Å². The number of benzene rings is 4. The van der Waals surface area contributed by atoms with Crippen molar-refractivity contribution in [2.24, 2.45) is 45.3 Å². The molecule has 4 atom stereocenters. The summed E-state index contributed by atoms with van der Waals surface area (Å²) in [5, 5.41) is 12.7. The molecule has 8 bridgehead atoms. The maximum atomic E-state index is 14.4. The smallest absolute Gasteiger partial charge is 0.354 e. The lowest BCUT2D eigenvalue weighted by Gasteiger charge is -2.18. The molecule has 3 aromatic heterocycles. The molecule has 2 aliphatic heterocycles. The highest BCUT2D eigenvalue weighted by Gasteiger charge is 2.53. The molecule has 4 amide bonds. The first-order chi connectivity index (χ1) is 41.5. The van der Waals surface area contributed by atoms with Crippen molar-refractivity contribution in [3.8, 4) is 44.5 Å². The molecule has 450 valence electrons. The highest BCUT2D eigenvalue weighted by Crippen LogP contribution is 2.56. The molecule has 88 heavy (non-hydrogen) atoms. The molecule has 0 saturated heterocycles. The number of nitrogens with one attached hydrogen (secondary N) is 6. The van der Waals surface area contributed by atoms with Crippen molar-refractivity contribution in [1.29, 1.82) is 0 Å². The maximum absolute atomic E-state index is 14.4. The number of carbonyl (C=O) groups is 4. The van der Waals surface area contributed by atoms with Crippen molar-refractivity contribution >= 4 is 92.7 Å². The van der Waals surface area contributed by atoms with Gasteiger partial charge in [-0.05, 0) is 156 Å². The number of amides is 4. The Morgan fingerprint density at radius 2 is 0.614 bits per heavy atom. The van der Waals surface area contributed by atoms with E-state index in [1.54, 1.807) is 85.0 Å². The molecular weight excluding hydrogens is 1130 g/mol. The van der Waals surface area contributed by atoms with Crippen LogP contribution in [0.4, 0.5) is 49.1 Å². The van der Waals surface area contributed by atoms with E-state index < -0.39 is 23.5 Å². The highest BCUT2D eigenvalue weighted by molar-refractivity contribution is 6.12. The predicted molar refractivity (Wildman–Crippen MR) is 333 cm³/mol. The zero-order chi connectivity index (χ0) is 62.4. The van der Waals surface area contributed by atoms with Crippen molar-refractivity contribution in [3.05, 3.63) is 143 Å². The standard InChI is InChI=1S/C70H64F6N8O4/c1-65(2)31-39(65)61(85)81-43-11-9-12-44(82-62(86)40-32-66(40,3)4)57(43)59-51-27-23-47(77-51)55(35-15-19-37(20-16-35)69(71,72)73)49-25-29-53(79-49)60(54-30-26-50(80-54)56(48-24-28-52(59)78-48)36-17-21-38(22-18-36)70(74,75)76)58-45(83-63(87)41-33-67(41,5)6)13-10-14-46(58)84-64(88)42-34-68(42,7)8/h9-30,39-42,77,80H,31-34H2,1-8H3,(H,81,85)(H,82,86)(H,83,87)(H,84,88)/t39-,40-,41-,42-/m1/s1. The third-order valence-corrected chi connectivity index (χ3v) is 18.7. The quantitative estimate of drug-likeness (QED) is 0.0664. The van der Waals surface area contributed by atoms with E-state index in [0.717, 1.165) is 24.3 Å². The van der Waals surface area contributed by atoms with Crippen LogP contribution < -0.4 is 21.3 Å². The Balaban J connectivity index is 1.14. The van der Waals surface area contributed by atoms with Gasteiger partial charge in [-0.1, -0.05) is 91.8 Å². The minimum Gasteiger partial charge on any atom is -0.354 e. The van der Waals surface area contributed by atoms with Crippen LogP contribution in [0.5, 0.6) is 0 Å². The fraction of sp³-hybridized carbons (Fsp3) is 0.314. The van der Waals surface area contributed by atoms with Crippen molar-refractivity contribution < 1.29 is 45.5 Å². The van der Waals surface area contributed by atoms with Crippen LogP contribution >= 0.6 is 0 Å². The second kappa shape index (κ2) is 20.3. The molecule has 0 radical (unpaired) electrons. The molecule has 12 nitrogen and oxygen atoms in total. The van der Waals surface area contributed by atoms with Crippen molar-refractivity contribution in [3.63, 3.8) is 0 Å². The molecule has 7 aromatic rings. The Morgan fingerprint density at radius 3 is 0.852 bits per heavy atom. The number of halogens is 6. The fourth-order valence-electron chi connectivity index (χ4n) is 12.6. The van der Waals surface area contributed by atoms with Gasteiger partial charge in [0, 0.05) is 79.1 Å². The predicted octanol–water partition coefficient (Wildman–Crippen LogP) is 17.3.